The zero-order valence-corrected chi connectivity index (χ0v) is 14.3. The molecule has 21 heavy (non-hydrogen) atoms. The number of halogens is 2. The van der Waals surface area contributed by atoms with Crippen LogP contribution in [0.15, 0.2) is 16.6 Å². The minimum atomic E-state index is -0.375. The molecule has 0 bridgehead atoms. The molecule has 2 N–H and O–H groups in total. The number of amides is 2. The Morgan fingerprint density at radius 3 is 2.62 bits per heavy atom. The quantitative estimate of drug-likeness (QED) is 0.767. The summed E-state index contributed by atoms with van der Waals surface area (Å²) in [6, 6.07) is 3.54. The van der Waals surface area contributed by atoms with E-state index in [-0.39, 0.29) is 25.0 Å². The molecular weight excluding hydrogens is 360 g/mol. The van der Waals surface area contributed by atoms with Crippen LogP contribution in [0.2, 0.25) is 5.02 Å². The number of rotatable bonds is 7. The molecule has 0 fully saturated rings. The zero-order valence-electron chi connectivity index (χ0n) is 12.0. The standard InChI is InChI=1S/C14H18BrClN2O3/c1-3-4-17-12(19)7-18-13(20)8-21-14-9(2)5-10(15)6-11(14)16/h5-6H,3-4,7-8H2,1-2H3,(H,17,19)(H,18,20). The third-order valence-electron chi connectivity index (χ3n) is 2.56. The molecule has 0 aromatic heterocycles. The number of ether oxygens (including phenoxy) is 1. The normalized spacial score (nSPS) is 10.1. The summed E-state index contributed by atoms with van der Waals surface area (Å²) in [4.78, 5) is 22.9. The lowest BCUT2D eigenvalue weighted by molar-refractivity contribution is -0.127. The predicted molar refractivity (Wildman–Crippen MR) is 85.7 cm³/mol. The van der Waals surface area contributed by atoms with Gasteiger partial charge in [0, 0.05) is 11.0 Å². The van der Waals surface area contributed by atoms with Crippen LogP contribution < -0.4 is 15.4 Å². The van der Waals surface area contributed by atoms with Crippen LogP contribution in [0.1, 0.15) is 18.9 Å². The van der Waals surface area contributed by atoms with Gasteiger partial charge in [-0.25, -0.2) is 0 Å². The van der Waals surface area contributed by atoms with Crippen molar-refractivity contribution >= 4 is 39.3 Å². The molecule has 1 rings (SSSR count). The molecule has 5 nitrogen and oxygen atoms in total. The van der Waals surface area contributed by atoms with Gasteiger partial charge < -0.3 is 15.4 Å². The molecular formula is C14H18BrClN2O3. The van der Waals surface area contributed by atoms with Gasteiger partial charge in [0.2, 0.25) is 5.91 Å². The van der Waals surface area contributed by atoms with E-state index < -0.39 is 0 Å². The van der Waals surface area contributed by atoms with Gasteiger partial charge in [0.25, 0.3) is 5.91 Å². The van der Waals surface area contributed by atoms with Gasteiger partial charge in [-0.05, 0) is 31.0 Å². The molecule has 1 aromatic rings. The fourth-order valence-electron chi connectivity index (χ4n) is 1.57. The fourth-order valence-corrected chi connectivity index (χ4v) is 2.59. The number of nitrogens with one attached hydrogen (secondary N) is 2. The van der Waals surface area contributed by atoms with Crippen LogP contribution in [0.5, 0.6) is 5.75 Å². The molecule has 116 valence electrons. The van der Waals surface area contributed by atoms with Gasteiger partial charge >= 0.3 is 0 Å². The summed E-state index contributed by atoms with van der Waals surface area (Å²) in [5, 5.41) is 5.57. The highest BCUT2D eigenvalue weighted by Gasteiger charge is 2.10. The Morgan fingerprint density at radius 1 is 1.29 bits per heavy atom. The van der Waals surface area contributed by atoms with Crippen LogP contribution in [0.25, 0.3) is 0 Å². The second-order valence-electron chi connectivity index (χ2n) is 4.45. The second-order valence-corrected chi connectivity index (χ2v) is 5.77. The van der Waals surface area contributed by atoms with Crippen LogP contribution in [-0.4, -0.2) is 31.5 Å². The molecule has 0 aliphatic rings. The van der Waals surface area contributed by atoms with Gasteiger partial charge in [0.1, 0.15) is 5.75 Å². The van der Waals surface area contributed by atoms with Crippen LogP contribution >= 0.6 is 27.5 Å². The molecule has 0 saturated heterocycles. The Balaban J connectivity index is 2.42. The number of carbonyl (C=O) groups is 2. The Labute approximate surface area is 137 Å². The maximum atomic E-state index is 11.6. The first-order valence-electron chi connectivity index (χ1n) is 6.56. The summed E-state index contributed by atoms with van der Waals surface area (Å²) in [6.07, 6.45) is 0.851. The lowest BCUT2D eigenvalue weighted by atomic mass is 10.2. The molecule has 0 saturated carbocycles. The molecule has 1 aromatic carbocycles. The Hall–Kier alpha value is -1.27. The van der Waals surface area contributed by atoms with Crippen molar-refractivity contribution in [3.63, 3.8) is 0 Å². The van der Waals surface area contributed by atoms with Crippen molar-refractivity contribution in [2.24, 2.45) is 0 Å². The van der Waals surface area contributed by atoms with Crippen molar-refractivity contribution in [2.45, 2.75) is 20.3 Å². The van der Waals surface area contributed by atoms with E-state index in [1.807, 2.05) is 19.9 Å². The maximum absolute atomic E-state index is 11.6. The first-order chi connectivity index (χ1) is 9.93. The fraction of sp³-hybridized carbons (Fsp3) is 0.429. The number of benzene rings is 1. The minimum absolute atomic E-state index is 0.0603. The summed E-state index contributed by atoms with van der Waals surface area (Å²) < 4.78 is 6.24. The third kappa shape index (κ3) is 6.35. The number of hydrogen-bond donors (Lipinski definition) is 2. The van der Waals surface area contributed by atoms with E-state index in [1.54, 1.807) is 6.07 Å². The van der Waals surface area contributed by atoms with E-state index in [1.165, 1.54) is 0 Å². The van der Waals surface area contributed by atoms with Gasteiger partial charge in [-0.15, -0.1) is 0 Å². The molecule has 0 radical (unpaired) electrons. The van der Waals surface area contributed by atoms with E-state index in [0.29, 0.717) is 17.3 Å². The van der Waals surface area contributed by atoms with Gasteiger partial charge in [-0.1, -0.05) is 34.5 Å². The summed E-state index contributed by atoms with van der Waals surface area (Å²) in [5.74, 6) is -0.131. The first-order valence-corrected chi connectivity index (χ1v) is 7.73. The van der Waals surface area contributed by atoms with Crippen molar-refractivity contribution in [3.8, 4) is 5.75 Å². The number of carbonyl (C=O) groups excluding carboxylic acids is 2. The largest absolute Gasteiger partial charge is 0.482 e. The molecule has 0 unspecified atom stereocenters. The molecule has 0 aliphatic carbocycles. The smallest absolute Gasteiger partial charge is 0.258 e. The molecule has 7 heteroatoms. The highest BCUT2D eigenvalue weighted by molar-refractivity contribution is 9.10. The summed E-state index contributed by atoms with van der Waals surface area (Å²) in [7, 11) is 0. The first kappa shape index (κ1) is 17.8. The average Bonchev–Trinajstić information content (AvgIpc) is 2.41. The topological polar surface area (TPSA) is 67.4 Å². The van der Waals surface area contributed by atoms with E-state index in [2.05, 4.69) is 26.6 Å². The van der Waals surface area contributed by atoms with Crippen LogP contribution in [0.4, 0.5) is 0 Å². The minimum Gasteiger partial charge on any atom is -0.482 e. The number of hydrogen-bond acceptors (Lipinski definition) is 3. The van der Waals surface area contributed by atoms with Crippen LogP contribution in [-0.2, 0) is 9.59 Å². The van der Waals surface area contributed by atoms with E-state index in [0.717, 1.165) is 16.5 Å². The van der Waals surface area contributed by atoms with Crippen molar-refractivity contribution in [2.75, 3.05) is 19.7 Å². The van der Waals surface area contributed by atoms with Crippen LogP contribution in [0.3, 0.4) is 0 Å². The summed E-state index contributed by atoms with van der Waals surface area (Å²) in [6.45, 7) is 4.14. The SMILES string of the molecule is CCCNC(=O)CNC(=O)COc1c(C)cc(Br)cc1Cl. The molecule has 0 aliphatic heterocycles. The summed E-state index contributed by atoms with van der Waals surface area (Å²) in [5.41, 5.74) is 0.822. The highest BCUT2D eigenvalue weighted by atomic mass is 79.9. The predicted octanol–water partition coefficient (Wildman–Crippen LogP) is 2.43. The second kappa shape index (κ2) is 8.89. The van der Waals surface area contributed by atoms with Crippen molar-refractivity contribution in [1.82, 2.24) is 10.6 Å². The average molecular weight is 378 g/mol. The van der Waals surface area contributed by atoms with Crippen LogP contribution in [0, 0.1) is 6.92 Å². The van der Waals surface area contributed by atoms with E-state index in [9.17, 15) is 9.59 Å². The number of aryl methyl sites for hydroxylation is 1. The lowest BCUT2D eigenvalue weighted by Crippen LogP contribution is -2.39. The Morgan fingerprint density at radius 2 is 2.00 bits per heavy atom. The van der Waals surface area contributed by atoms with Gasteiger partial charge in [0.05, 0.1) is 11.6 Å². The highest BCUT2D eigenvalue weighted by Crippen LogP contribution is 2.31. The monoisotopic (exact) mass is 376 g/mol. The van der Waals surface area contributed by atoms with Gasteiger partial charge in [0.15, 0.2) is 6.61 Å². The summed E-state index contributed by atoms with van der Waals surface area (Å²) >= 11 is 9.38. The molecule has 0 atom stereocenters. The van der Waals surface area contributed by atoms with Crippen molar-refractivity contribution in [3.05, 3.63) is 27.2 Å². The van der Waals surface area contributed by atoms with Gasteiger partial charge in [-0.2, -0.15) is 0 Å². The van der Waals surface area contributed by atoms with Crippen molar-refractivity contribution < 1.29 is 14.3 Å². The molecule has 2 amide bonds. The molecule has 0 heterocycles. The van der Waals surface area contributed by atoms with Crippen molar-refractivity contribution in [1.29, 1.82) is 0 Å². The Kier molecular flexibility index (Phi) is 7.53. The third-order valence-corrected chi connectivity index (χ3v) is 3.30. The maximum Gasteiger partial charge on any atom is 0.258 e. The zero-order chi connectivity index (χ0) is 15.8. The van der Waals surface area contributed by atoms with Gasteiger partial charge in [-0.3, -0.25) is 9.59 Å². The Bertz CT molecular complexity index is 500. The molecule has 0 spiro atoms. The van der Waals surface area contributed by atoms with E-state index >= 15 is 0 Å². The lowest BCUT2D eigenvalue weighted by Gasteiger charge is -2.11. The van der Waals surface area contributed by atoms with E-state index in [4.69, 9.17) is 16.3 Å².